The zero-order valence-electron chi connectivity index (χ0n) is 24.1. The van der Waals surface area contributed by atoms with Gasteiger partial charge in [-0.2, -0.15) is 0 Å². The maximum Gasteiger partial charge on any atom is 0.323 e. The fourth-order valence-corrected chi connectivity index (χ4v) is 3.30. The van der Waals surface area contributed by atoms with Gasteiger partial charge in [0, 0.05) is 19.4 Å². The topological polar surface area (TPSA) is 117 Å². The zero-order chi connectivity index (χ0) is 28.8. The first-order valence-corrected chi connectivity index (χ1v) is 13.4. The molecule has 0 saturated heterocycles. The van der Waals surface area contributed by atoms with E-state index in [-0.39, 0.29) is 49.2 Å². The van der Waals surface area contributed by atoms with Gasteiger partial charge in [0.2, 0.25) is 0 Å². The summed E-state index contributed by atoms with van der Waals surface area (Å²) < 4.78 is 21.4. The van der Waals surface area contributed by atoms with Crippen molar-refractivity contribution in [3.05, 3.63) is 23.8 Å². The van der Waals surface area contributed by atoms with Gasteiger partial charge >= 0.3 is 23.9 Å². The molecule has 1 aromatic carbocycles. The lowest BCUT2D eigenvalue weighted by Crippen LogP contribution is -2.43. The highest BCUT2D eigenvalue weighted by molar-refractivity contribution is 5.77. The van der Waals surface area contributed by atoms with Crippen molar-refractivity contribution in [1.82, 2.24) is 5.32 Å². The van der Waals surface area contributed by atoms with Gasteiger partial charge in [0.05, 0.1) is 13.0 Å². The first-order chi connectivity index (χ1) is 17.8. The van der Waals surface area contributed by atoms with Gasteiger partial charge in [0.25, 0.3) is 0 Å². The van der Waals surface area contributed by atoms with Crippen molar-refractivity contribution in [3.8, 4) is 11.5 Å². The van der Waals surface area contributed by atoms with Crippen LogP contribution in [0.2, 0.25) is 0 Å². The molecule has 1 aromatic rings. The highest BCUT2D eigenvalue weighted by atomic mass is 16.6. The molecule has 0 aliphatic heterocycles. The van der Waals surface area contributed by atoms with Gasteiger partial charge < -0.3 is 24.3 Å². The number of nitrogens with one attached hydrogen (secondary N) is 1. The van der Waals surface area contributed by atoms with Crippen molar-refractivity contribution in [2.24, 2.45) is 17.8 Å². The zero-order valence-corrected chi connectivity index (χ0v) is 24.1. The lowest BCUT2D eigenvalue weighted by molar-refractivity contribution is -0.152. The average Bonchev–Trinajstić information content (AvgIpc) is 2.84. The molecule has 214 valence electrons. The lowest BCUT2D eigenvalue weighted by atomic mass is 10.0. The number of carbonyl (C=O) groups excluding carboxylic acids is 4. The molecular formula is C29H45NO8. The minimum absolute atomic E-state index is 0.122. The maximum atomic E-state index is 12.5. The molecule has 0 bridgehead atoms. The molecule has 1 rings (SSSR count). The number of carbonyl (C=O) groups is 4. The third-order valence-corrected chi connectivity index (χ3v) is 5.67. The van der Waals surface area contributed by atoms with Gasteiger partial charge in [-0.25, -0.2) is 0 Å². The van der Waals surface area contributed by atoms with Crippen LogP contribution in [0.15, 0.2) is 18.2 Å². The van der Waals surface area contributed by atoms with Crippen molar-refractivity contribution < 1.29 is 38.1 Å². The molecule has 0 aliphatic carbocycles. The fourth-order valence-electron chi connectivity index (χ4n) is 3.30. The predicted molar refractivity (Wildman–Crippen MR) is 144 cm³/mol. The minimum Gasteiger partial charge on any atom is -0.468 e. The van der Waals surface area contributed by atoms with Gasteiger partial charge in [-0.15, -0.1) is 0 Å². The molecule has 38 heavy (non-hydrogen) atoms. The average molecular weight is 536 g/mol. The van der Waals surface area contributed by atoms with E-state index in [1.165, 1.54) is 7.11 Å². The number of hydrogen-bond acceptors (Lipinski definition) is 9. The molecule has 0 saturated carbocycles. The SMILES string of the molecule is COC(=O)[C@H](Cc1ccc(OC(=O)CCC(C)C)c(OC(=O)CCC(C)C)c1)NCC(C)OC(=O)C(C)C. The smallest absolute Gasteiger partial charge is 0.323 e. The first-order valence-electron chi connectivity index (χ1n) is 13.4. The van der Waals surface area contributed by atoms with Crippen LogP contribution in [-0.4, -0.2) is 49.7 Å². The molecule has 0 fully saturated rings. The van der Waals surface area contributed by atoms with E-state index in [0.717, 1.165) is 0 Å². The van der Waals surface area contributed by atoms with Crippen LogP contribution in [0.4, 0.5) is 0 Å². The van der Waals surface area contributed by atoms with Gasteiger partial charge in [-0.3, -0.25) is 19.2 Å². The Balaban J connectivity index is 3.07. The number of hydrogen-bond donors (Lipinski definition) is 1. The van der Waals surface area contributed by atoms with Crippen LogP contribution in [0.3, 0.4) is 0 Å². The number of methoxy groups -OCH3 is 1. The summed E-state index contributed by atoms with van der Waals surface area (Å²) in [5, 5.41) is 3.09. The molecule has 1 unspecified atom stereocenters. The second-order valence-electron chi connectivity index (χ2n) is 10.7. The Labute approximate surface area is 226 Å². The molecule has 0 aromatic heterocycles. The van der Waals surface area contributed by atoms with E-state index >= 15 is 0 Å². The van der Waals surface area contributed by atoms with Gasteiger partial charge in [-0.05, 0) is 55.7 Å². The van der Waals surface area contributed by atoms with E-state index in [1.54, 1.807) is 39.0 Å². The standard InChI is InChI=1S/C29H45NO8/c1-18(2)9-13-26(31)37-24-12-11-22(16-25(24)38-27(32)14-10-19(3)4)15-23(29(34)35-8)30-17-21(7)36-28(33)20(5)6/h11-12,16,18-21,23,30H,9-10,13-15,17H2,1-8H3/t21?,23-/m0/s1. The minimum atomic E-state index is -0.746. The van der Waals surface area contributed by atoms with Crippen LogP contribution in [-0.2, 0) is 35.1 Å². The van der Waals surface area contributed by atoms with Gasteiger partial charge in [-0.1, -0.05) is 47.6 Å². The Kier molecular flexibility index (Phi) is 14.6. The summed E-state index contributed by atoms with van der Waals surface area (Å²) in [6.07, 6.45) is 1.56. The van der Waals surface area contributed by atoms with E-state index in [0.29, 0.717) is 30.2 Å². The first kappa shape index (κ1) is 33.1. The van der Waals surface area contributed by atoms with Gasteiger partial charge in [0.1, 0.15) is 12.1 Å². The fraction of sp³-hybridized carbons (Fsp3) is 0.655. The Bertz CT molecular complexity index is 925. The summed E-state index contributed by atoms with van der Waals surface area (Å²) in [7, 11) is 1.29. The number of esters is 4. The predicted octanol–water partition coefficient (Wildman–Crippen LogP) is 4.63. The van der Waals surface area contributed by atoms with E-state index in [9.17, 15) is 19.2 Å². The van der Waals surface area contributed by atoms with Crippen molar-refractivity contribution in [2.75, 3.05) is 13.7 Å². The lowest BCUT2D eigenvalue weighted by Gasteiger charge is -2.21. The van der Waals surface area contributed by atoms with Crippen LogP contribution >= 0.6 is 0 Å². The van der Waals surface area contributed by atoms with Crippen LogP contribution < -0.4 is 14.8 Å². The van der Waals surface area contributed by atoms with Crippen LogP contribution in [0.1, 0.15) is 79.7 Å². The Morgan fingerprint density at radius 2 is 1.34 bits per heavy atom. The van der Waals surface area contributed by atoms with E-state index in [1.807, 2.05) is 27.7 Å². The molecular weight excluding hydrogens is 490 g/mol. The maximum absolute atomic E-state index is 12.5. The molecule has 0 radical (unpaired) electrons. The quantitative estimate of drug-likeness (QED) is 0.239. The van der Waals surface area contributed by atoms with Crippen LogP contribution in [0.25, 0.3) is 0 Å². The third kappa shape index (κ3) is 13.0. The normalized spacial score (nSPS) is 12.8. The van der Waals surface area contributed by atoms with Crippen molar-refractivity contribution in [3.63, 3.8) is 0 Å². The van der Waals surface area contributed by atoms with Gasteiger partial charge in [0.15, 0.2) is 11.5 Å². The molecule has 0 heterocycles. The van der Waals surface area contributed by atoms with Crippen LogP contribution in [0, 0.1) is 17.8 Å². The summed E-state index contributed by atoms with van der Waals surface area (Å²) in [6.45, 7) is 13.5. The van der Waals surface area contributed by atoms with E-state index in [4.69, 9.17) is 18.9 Å². The van der Waals surface area contributed by atoms with Crippen molar-refractivity contribution in [2.45, 2.75) is 92.7 Å². The molecule has 9 heteroatoms. The number of benzene rings is 1. The monoisotopic (exact) mass is 535 g/mol. The highest BCUT2D eigenvalue weighted by Crippen LogP contribution is 2.30. The summed E-state index contributed by atoms with van der Waals surface area (Å²) in [5.74, 6) is -0.969. The highest BCUT2D eigenvalue weighted by Gasteiger charge is 2.23. The van der Waals surface area contributed by atoms with Crippen molar-refractivity contribution >= 4 is 23.9 Å². The Morgan fingerprint density at radius 1 is 0.789 bits per heavy atom. The number of ether oxygens (including phenoxy) is 4. The Morgan fingerprint density at radius 3 is 1.84 bits per heavy atom. The second-order valence-corrected chi connectivity index (χ2v) is 10.7. The van der Waals surface area contributed by atoms with E-state index in [2.05, 4.69) is 5.32 Å². The summed E-state index contributed by atoms with van der Waals surface area (Å²) in [6, 6.07) is 4.12. The summed E-state index contributed by atoms with van der Waals surface area (Å²) in [4.78, 5) is 49.2. The largest absolute Gasteiger partial charge is 0.468 e. The summed E-state index contributed by atoms with van der Waals surface area (Å²) in [5.41, 5.74) is 0.661. The molecule has 0 spiro atoms. The molecule has 0 aliphatic rings. The van der Waals surface area contributed by atoms with Crippen LogP contribution in [0.5, 0.6) is 11.5 Å². The third-order valence-electron chi connectivity index (χ3n) is 5.67. The molecule has 9 nitrogen and oxygen atoms in total. The molecule has 0 amide bonds. The van der Waals surface area contributed by atoms with Crippen molar-refractivity contribution in [1.29, 1.82) is 0 Å². The number of rotatable bonds is 16. The molecule has 1 N–H and O–H groups in total. The molecule has 2 atom stereocenters. The van der Waals surface area contributed by atoms with E-state index < -0.39 is 30.1 Å². The second kappa shape index (κ2) is 16.8. The summed E-state index contributed by atoms with van der Waals surface area (Å²) >= 11 is 0. The Hall–Kier alpha value is -2.94.